The van der Waals surface area contributed by atoms with Gasteiger partial charge in [0.15, 0.2) is 28.4 Å². The predicted molar refractivity (Wildman–Crippen MR) is 265 cm³/mol. The molecular formula is C46H47N11O15S2. The summed E-state index contributed by atoms with van der Waals surface area (Å²) in [6.45, 7) is 1.75. The van der Waals surface area contributed by atoms with E-state index in [9.17, 15) is 54.0 Å². The zero-order valence-electron chi connectivity index (χ0n) is 39.3. The van der Waals surface area contributed by atoms with E-state index in [1.807, 2.05) is 0 Å². The fraction of sp³-hybridized carbons (Fsp3) is 0.304. The smallest absolute Gasteiger partial charge is 0.411 e. The lowest BCUT2D eigenvalue weighted by molar-refractivity contribution is -0.142. The number of anilines is 3. The van der Waals surface area contributed by atoms with Crippen LogP contribution in [0, 0.1) is 6.92 Å². The molecule has 3 aliphatic heterocycles. The summed E-state index contributed by atoms with van der Waals surface area (Å²) in [6.07, 6.45) is -0.128. The fourth-order valence-electron chi connectivity index (χ4n) is 8.80. The van der Waals surface area contributed by atoms with Gasteiger partial charge in [-0.3, -0.25) is 24.3 Å². The zero-order chi connectivity index (χ0) is 53.2. The van der Waals surface area contributed by atoms with Crippen molar-refractivity contribution in [2.24, 2.45) is 5.73 Å². The number of primary amides is 1. The number of amides is 4. The van der Waals surface area contributed by atoms with Crippen molar-refractivity contribution in [1.29, 1.82) is 0 Å². The summed E-state index contributed by atoms with van der Waals surface area (Å²) in [7, 11) is 5.06. The van der Waals surface area contributed by atoms with E-state index in [1.165, 1.54) is 48.2 Å². The number of phenolic OH excluding ortho intramolecular Hbond substituents is 2. The van der Waals surface area contributed by atoms with Gasteiger partial charge in [0.25, 0.3) is 11.5 Å². The third kappa shape index (κ3) is 10.3. The van der Waals surface area contributed by atoms with E-state index in [2.05, 4.69) is 35.9 Å². The molecule has 0 bridgehead atoms. The highest BCUT2D eigenvalue weighted by molar-refractivity contribution is 8.76. The molecule has 2 fully saturated rings. The molecular weight excluding hydrogens is 1010 g/mol. The number of nitrogens with one attached hydrogen (secondary N) is 4. The number of aromatic nitrogens is 4. The maximum atomic E-state index is 13.5. The predicted octanol–water partition coefficient (Wildman–Crippen LogP) is 2.61. The normalized spacial score (nSPS) is 18.4. The Morgan fingerprint density at radius 3 is 2.36 bits per heavy atom. The van der Waals surface area contributed by atoms with Crippen LogP contribution in [0.3, 0.4) is 0 Å². The van der Waals surface area contributed by atoms with E-state index in [-0.39, 0.29) is 94.2 Å². The molecule has 5 atom stereocenters. The third-order valence-corrected chi connectivity index (χ3v) is 14.7. The molecule has 12 N–H and O–H groups in total. The zero-order valence-corrected chi connectivity index (χ0v) is 40.9. The van der Waals surface area contributed by atoms with Crippen molar-refractivity contribution in [3.8, 4) is 17.2 Å². The Labute approximate surface area is 426 Å². The Hall–Kier alpha value is -8.50. The number of ether oxygens (including phenoxy) is 4. The minimum absolute atomic E-state index is 0.0124. The Morgan fingerprint density at radius 1 is 0.986 bits per heavy atom. The summed E-state index contributed by atoms with van der Waals surface area (Å²) in [4.78, 5) is 106. The number of hydrogen-bond donors (Lipinski definition) is 10. The minimum Gasteiger partial charge on any atom is -0.505 e. The van der Waals surface area contributed by atoms with E-state index in [4.69, 9.17) is 30.4 Å². The first-order chi connectivity index (χ1) is 35.4. The maximum absolute atomic E-state index is 13.5. The van der Waals surface area contributed by atoms with Crippen molar-refractivity contribution in [1.82, 2.24) is 35.5 Å². The first-order valence-corrected chi connectivity index (χ1v) is 24.6. The van der Waals surface area contributed by atoms with Gasteiger partial charge in [-0.05, 0) is 55.3 Å². The molecule has 5 aromatic rings. The highest BCUT2D eigenvalue weighted by Crippen LogP contribution is 2.66. The van der Waals surface area contributed by atoms with Crippen LogP contribution in [0.2, 0.25) is 0 Å². The monoisotopic (exact) mass is 1060 g/mol. The maximum Gasteiger partial charge on any atom is 0.411 e. The minimum atomic E-state index is -1.52. The summed E-state index contributed by atoms with van der Waals surface area (Å²) in [5.41, 5.74) is 11.2. The molecule has 388 valence electrons. The highest BCUT2D eigenvalue weighted by atomic mass is 33.1. The third-order valence-electron chi connectivity index (χ3n) is 12.3. The number of fused-ring (bicyclic) bond motifs is 6. The van der Waals surface area contributed by atoms with Crippen LogP contribution >= 0.6 is 21.6 Å². The van der Waals surface area contributed by atoms with Crippen molar-refractivity contribution < 1.29 is 68.1 Å². The average Bonchev–Trinajstić information content (AvgIpc) is 3.88. The quantitative estimate of drug-likeness (QED) is 0.0232. The number of aromatic hydroxyl groups is 2. The lowest BCUT2D eigenvalue weighted by atomic mass is 9.95. The number of aromatic amines is 1. The molecule has 2 aromatic heterocycles. The lowest BCUT2D eigenvalue weighted by Gasteiger charge is -2.37. The summed E-state index contributed by atoms with van der Waals surface area (Å²) in [6, 6.07) is 8.97. The number of hydrogen-bond acceptors (Lipinski definition) is 21. The van der Waals surface area contributed by atoms with E-state index >= 15 is 0 Å². The van der Waals surface area contributed by atoms with Gasteiger partial charge in [0.2, 0.25) is 11.9 Å². The van der Waals surface area contributed by atoms with Crippen LogP contribution in [-0.2, 0) is 41.7 Å². The van der Waals surface area contributed by atoms with Gasteiger partial charge >= 0.3 is 24.1 Å². The second-order valence-corrected chi connectivity index (χ2v) is 19.2. The summed E-state index contributed by atoms with van der Waals surface area (Å²) in [5.74, 6) is -4.90. The van der Waals surface area contributed by atoms with Gasteiger partial charge in [0.1, 0.15) is 36.7 Å². The number of nitrogens with zero attached hydrogens (tertiary/aromatic N) is 5. The Bertz CT molecular complexity index is 3160. The molecule has 8 rings (SSSR count). The lowest BCUT2D eigenvalue weighted by Crippen LogP contribution is -2.51. The first-order valence-electron chi connectivity index (χ1n) is 22.2. The SMILES string of the molecule is COc1c(C)c(O)c2c(c1O)C(=COC(N)=O)[C@@]1(OC)C3C(CN21)N3C(=O)OCc1ccc(SSCC(NC(=O)CCC(NC(=O)c2ccc(NCc3cnc4nc(N)[nH]c(=O)c4n3)cc2)C(=O)O)C(=O)O)cc1. The van der Waals surface area contributed by atoms with Gasteiger partial charge in [-0.25, -0.2) is 29.1 Å². The van der Waals surface area contributed by atoms with Gasteiger partial charge in [0, 0.05) is 47.5 Å². The van der Waals surface area contributed by atoms with Gasteiger partial charge in [-0.15, -0.1) is 0 Å². The van der Waals surface area contributed by atoms with Crippen molar-refractivity contribution >= 4 is 91.6 Å². The molecule has 74 heavy (non-hydrogen) atoms. The standard InChI is InChI=1S/C46H47N11O15S2/c1-20-34(59)33-31(35(60)36(20)69-2)26(18-71-44(48)67)46(70-3)37-29(16-56(33)46)57(37)45(68)72-17-21-4-10-25(11-5-21)74-73-19-28(42(65)66)52-30(58)13-12-27(41(63)64)53-39(61)22-6-8-23(9-7-22)49-14-24-15-50-38-32(51-24)40(62)55-43(47)54-38/h4-11,15,18,27-29,37,49,59-60H,12-14,16-17,19H2,1-3H3,(H2,48,67)(H,52,58)(H,53,61)(H,63,64)(H,65,66)(H3,47,50,54,55,62)/t27?,28?,29?,37?,46-,57?/m1/s1. The molecule has 3 aliphatic rings. The van der Waals surface area contributed by atoms with Crippen LogP contribution in [0.25, 0.3) is 16.7 Å². The number of rotatable bonds is 20. The van der Waals surface area contributed by atoms with Crippen LogP contribution in [0.1, 0.15) is 45.6 Å². The topological polar surface area (TPSA) is 386 Å². The largest absolute Gasteiger partial charge is 0.505 e. The van der Waals surface area contributed by atoms with Crippen LogP contribution in [0.15, 0.2) is 70.7 Å². The molecule has 0 spiro atoms. The Kier molecular flexibility index (Phi) is 14.9. The van der Waals surface area contributed by atoms with Gasteiger partial charge < -0.3 is 71.7 Å². The molecule has 0 aliphatic carbocycles. The van der Waals surface area contributed by atoms with Gasteiger partial charge in [0.05, 0.1) is 48.4 Å². The van der Waals surface area contributed by atoms with Crippen LogP contribution in [0.4, 0.5) is 26.9 Å². The van der Waals surface area contributed by atoms with Crippen LogP contribution in [0.5, 0.6) is 17.2 Å². The van der Waals surface area contributed by atoms with Crippen molar-refractivity contribution in [2.75, 3.05) is 42.5 Å². The molecule has 4 amide bonds. The van der Waals surface area contributed by atoms with Crippen LogP contribution < -0.4 is 42.6 Å². The molecule has 2 saturated heterocycles. The van der Waals surface area contributed by atoms with Crippen molar-refractivity contribution in [3.05, 3.63) is 99.3 Å². The molecule has 0 radical (unpaired) electrons. The number of carboxylic acid groups (broad SMARTS) is 2. The van der Waals surface area contributed by atoms with E-state index in [0.717, 1.165) is 17.1 Å². The number of aliphatic carboxylic acids is 2. The van der Waals surface area contributed by atoms with E-state index in [0.29, 0.717) is 21.8 Å². The highest BCUT2D eigenvalue weighted by Gasteiger charge is 2.76. The molecule has 26 nitrogen and oxygen atoms in total. The number of methoxy groups -OCH3 is 2. The molecule has 4 unspecified atom stereocenters. The number of carboxylic acids is 2. The second-order valence-electron chi connectivity index (χ2n) is 16.8. The van der Waals surface area contributed by atoms with Crippen LogP contribution in [-0.4, -0.2) is 138 Å². The first kappa shape index (κ1) is 51.8. The number of benzene rings is 3. The summed E-state index contributed by atoms with van der Waals surface area (Å²) < 4.78 is 22.1. The molecule has 5 heterocycles. The molecule has 0 saturated carbocycles. The Balaban J connectivity index is 0.779. The molecule has 3 aromatic carbocycles. The van der Waals surface area contributed by atoms with Gasteiger partial charge in [-0.2, -0.15) is 4.98 Å². The summed E-state index contributed by atoms with van der Waals surface area (Å²) >= 11 is 0. The van der Waals surface area contributed by atoms with Crippen molar-refractivity contribution in [2.45, 2.75) is 67.7 Å². The second kappa shape index (κ2) is 21.3. The fourth-order valence-corrected chi connectivity index (χ4v) is 11.0. The number of H-pyrrole nitrogens is 1. The van der Waals surface area contributed by atoms with Crippen molar-refractivity contribution in [3.63, 3.8) is 0 Å². The van der Waals surface area contributed by atoms with E-state index < -0.39 is 77.8 Å². The number of carbonyl (C=O) groups excluding carboxylic acids is 4. The summed E-state index contributed by atoms with van der Waals surface area (Å²) in [5, 5.41) is 50.0. The number of piperazine rings is 1. The molecule has 28 heteroatoms. The Morgan fingerprint density at radius 2 is 1.70 bits per heavy atom. The van der Waals surface area contributed by atoms with Gasteiger partial charge in [-0.1, -0.05) is 33.7 Å². The number of nitrogen functional groups attached to an aromatic ring is 1. The number of nitrogens with two attached hydrogens (primary N) is 2. The van der Waals surface area contributed by atoms with E-state index in [1.54, 1.807) is 48.2 Å². The number of carbonyl (C=O) groups is 6. The average molecular weight is 1060 g/mol. The number of phenols is 2.